The number of methoxy groups -OCH3 is 1. The van der Waals surface area contributed by atoms with Gasteiger partial charge in [0, 0.05) is 23.6 Å². The van der Waals surface area contributed by atoms with Crippen molar-refractivity contribution in [2.75, 3.05) is 13.7 Å². The summed E-state index contributed by atoms with van der Waals surface area (Å²) in [6, 6.07) is 15.4. The molecule has 1 atom stereocenters. The Balaban J connectivity index is 1.57. The number of hydrogen-bond acceptors (Lipinski definition) is 3. The third kappa shape index (κ3) is 4.17. The van der Waals surface area contributed by atoms with Gasteiger partial charge in [-0.15, -0.1) is 0 Å². The number of fused-ring (bicyclic) bond motifs is 1. The lowest BCUT2D eigenvalue weighted by Gasteiger charge is -2.17. The van der Waals surface area contributed by atoms with E-state index in [1.54, 1.807) is 7.11 Å². The summed E-state index contributed by atoms with van der Waals surface area (Å²) in [4.78, 5) is 15.7. The molecule has 0 aliphatic heterocycles. The normalized spacial score (nSPS) is 11.9. The number of carbonyl (C=O) groups is 1. The molecule has 26 heavy (non-hydrogen) atoms. The van der Waals surface area contributed by atoms with Gasteiger partial charge in [0.1, 0.15) is 11.5 Å². The lowest BCUT2D eigenvalue weighted by molar-refractivity contribution is -0.128. The molecule has 136 valence electrons. The number of hydrogen-bond donors (Lipinski definition) is 2. The van der Waals surface area contributed by atoms with Gasteiger partial charge in [-0.25, -0.2) is 0 Å². The Hall–Kier alpha value is -2.95. The fraction of sp³-hybridized carbons (Fsp3) is 0.286. The Labute approximate surface area is 153 Å². The van der Waals surface area contributed by atoms with E-state index in [0.29, 0.717) is 18.7 Å². The molecule has 3 rings (SSSR count). The Morgan fingerprint density at radius 1 is 1.15 bits per heavy atom. The van der Waals surface area contributed by atoms with Crippen LogP contribution in [0.1, 0.15) is 18.9 Å². The summed E-state index contributed by atoms with van der Waals surface area (Å²) >= 11 is 0. The zero-order chi connectivity index (χ0) is 18.4. The van der Waals surface area contributed by atoms with Crippen LogP contribution in [0.3, 0.4) is 0 Å². The van der Waals surface area contributed by atoms with Gasteiger partial charge in [0.2, 0.25) is 0 Å². The van der Waals surface area contributed by atoms with Crippen LogP contribution in [-0.2, 0) is 11.2 Å². The van der Waals surface area contributed by atoms with Crippen LogP contribution in [-0.4, -0.2) is 30.6 Å². The minimum Gasteiger partial charge on any atom is -0.497 e. The second-order valence-corrected chi connectivity index (χ2v) is 6.09. The van der Waals surface area contributed by atoms with Gasteiger partial charge < -0.3 is 19.8 Å². The van der Waals surface area contributed by atoms with E-state index in [1.807, 2.05) is 61.7 Å². The highest BCUT2D eigenvalue weighted by molar-refractivity contribution is 5.85. The first kappa shape index (κ1) is 17.9. The highest BCUT2D eigenvalue weighted by Gasteiger charge is 2.18. The Morgan fingerprint density at radius 2 is 1.96 bits per heavy atom. The summed E-state index contributed by atoms with van der Waals surface area (Å²) < 4.78 is 11.1. The quantitative estimate of drug-likeness (QED) is 0.650. The van der Waals surface area contributed by atoms with Crippen molar-refractivity contribution in [3.63, 3.8) is 0 Å². The number of para-hydroxylation sites is 1. The first-order chi connectivity index (χ1) is 12.7. The number of nitrogens with one attached hydrogen (secondary N) is 2. The van der Waals surface area contributed by atoms with Crippen molar-refractivity contribution in [1.29, 1.82) is 0 Å². The van der Waals surface area contributed by atoms with Crippen LogP contribution in [0.5, 0.6) is 11.5 Å². The van der Waals surface area contributed by atoms with Gasteiger partial charge in [-0.05, 0) is 48.7 Å². The van der Waals surface area contributed by atoms with E-state index < -0.39 is 6.10 Å². The zero-order valence-electron chi connectivity index (χ0n) is 15.1. The number of benzene rings is 2. The molecule has 3 aromatic rings. The predicted octanol–water partition coefficient (Wildman–Crippen LogP) is 3.69. The van der Waals surface area contributed by atoms with Crippen molar-refractivity contribution >= 4 is 16.8 Å². The van der Waals surface area contributed by atoms with Crippen molar-refractivity contribution in [3.8, 4) is 11.5 Å². The fourth-order valence-corrected chi connectivity index (χ4v) is 2.91. The number of aromatic amines is 1. The van der Waals surface area contributed by atoms with Crippen molar-refractivity contribution in [3.05, 3.63) is 60.3 Å². The Kier molecular flexibility index (Phi) is 5.79. The maximum atomic E-state index is 12.4. The van der Waals surface area contributed by atoms with Crippen LogP contribution < -0.4 is 14.8 Å². The third-order valence-corrected chi connectivity index (χ3v) is 4.35. The van der Waals surface area contributed by atoms with Gasteiger partial charge in [-0.1, -0.05) is 25.1 Å². The van der Waals surface area contributed by atoms with Gasteiger partial charge >= 0.3 is 0 Å². The first-order valence-electron chi connectivity index (χ1n) is 8.84. The molecule has 1 heterocycles. The number of aromatic nitrogens is 1. The smallest absolute Gasteiger partial charge is 0.261 e. The topological polar surface area (TPSA) is 63.3 Å². The van der Waals surface area contributed by atoms with Crippen LogP contribution >= 0.6 is 0 Å². The summed E-state index contributed by atoms with van der Waals surface area (Å²) in [7, 11) is 1.66. The van der Waals surface area contributed by atoms with E-state index in [9.17, 15) is 4.79 Å². The van der Waals surface area contributed by atoms with E-state index in [0.717, 1.165) is 28.6 Å². The summed E-state index contributed by atoms with van der Waals surface area (Å²) in [6.45, 7) is 2.50. The Morgan fingerprint density at radius 3 is 2.69 bits per heavy atom. The maximum absolute atomic E-state index is 12.4. The largest absolute Gasteiger partial charge is 0.497 e. The van der Waals surface area contributed by atoms with E-state index in [2.05, 4.69) is 10.3 Å². The molecular formula is C21H24N2O3. The molecule has 0 bridgehead atoms. The molecule has 0 fully saturated rings. The average molecular weight is 352 g/mol. The molecule has 0 aliphatic carbocycles. The molecule has 0 aliphatic rings. The van der Waals surface area contributed by atoms with Crippen molar-refractivity contribution in [2.24, 2.45) is 0 Å². The van der Waals surface area contributed by atoms with Gasteiger partial charge in [-0.2, -0.15) is 0 Å². The van der Waals surface area contributed by atoms with Crippen LogP contribution in [0.15, 0.2) is 54.7 Å². The SMILES string of the molecule is CC[C@H](Oc1ccccc1)C(=O)NCCc1c[nH]c2ccc(OC)cc12. The van der Waals surface area contributed by atoms with Crippen molar-refractivity contribution in [1.82, 2.24) is 10.3 Å². The summed E-state index contributed by atoms with van der Waals surface area (Å²) in [5.74, 6) is 1.44. The number of rotatable bonds is 8. The number of H-pyrrole nitrogens is 1. The zero-order valence-corrected chi connectivity index (χ0v) is 15.1. The monoisotopic (exact) mass is 352 g/mol. The summed E-state index contributed by atoms with van der Waals surface area (Å²) in [6.07, 6.45) is 2.85. The minimum atomic E-state index is -0.486. The molecule has 1 amide bonds. The molecule has 0 unspecified atom stereocenters. The van der Waals surface area contributed by atoms with Crippen LogP contribution in [0.4, 0.5) is 0 Å². The van der Waals surface area contributed by atoms with Gasteiger partial charge in [-0.3, -0.25) is 4.79 Å². The predicted molar refractivity (Wildman–Crippen MR) is 103 cm³/mol. The molecule has 2 aromatic carbocycles. The number of amides is 1. The highest BCUT2D eigenvalue weighted by Crippen LogP contribution is 2.23. The third-order valence-electron chi connectivity index (χ3n) is 4.35. The molecule has 1 aromatic heterocycles. The van der Waals surface area contributed by atoms with Crippen LogP contribution in [0.25, 0.3) is 10.9 Å². The molecule has 5 nitrogen and oxygen atoms in total. The standard InChI is InChI=1S/C21H24N2O3/c1-3-20(26-16-7-5-4-6-8-16)21(24)22-12-11-15-14-23-19-10-9-17(25-2)13-18(15)19/h4-10,13-14,20,23H,3,11-12H2,1-2H3,(H,22,24)/t20-/m0/s1. The molecule has 0 saturated heterocycles. The molecule has 5 heteroatoms. The van der Waals surface area contributed by atoms with Crippen LogP contribution in [0.2, 0.25) is 0 Å². The summed E-state index contributed by atoms with van der Waals surface area (Å²) in [5.41, 5.74) is 2.21. The lowest BCUT2D eigenvalue weighted by Crippen LogP contribution is -2.38. The number of carbonyl (C=O) groups excluding carboxylic acids is 1. The van der Waals surface area contributed by atoms with Gasteiger partial charge in [0.25, 0.3) is 5.91 Å². The van der Waals surface area contributed by atoms with E-state index in [-0.39, 0.29) is 5.91 Å². The molecule has 0 radical (unpaired) electrons. The molecule has 0 spiro atoms. The summed E-state index contributed by atoms with van der Waals surface area (Å²) in [5, 5.41) is 4.09. The second-order valence-electron chi connectivity index (χ2n) is 6.09. The van der Waals surface area contributed by atoms with Gasteiger partial charge in [0.05, 0.1) is 7.11 Å². The van der Waals surface area contributed by atoms with E-state index in [1.165, 1.54) is 0 Å². The van der Waals surface area contributed by atoms with Crippen LogP contribution in [0, 0.1) is 0 Å². The van der Waals surface area contributed by atoms with Gasteiger partial charge in [0.15, 0.2) is 6.10 Å². The van der Waals surface area contributed by atoms with Crippen molar-refractivity contribution in [2.45, 2.75) is 25.9 Å². The van der Waals surface area contributed by atoms with Crippen molar-refractivity contribution < 1.29 is 14.3 Å². The van der Waals surface area contributed by atoms with E-state index >= 15 is 0 Å². The molecular weight excluding hydrogens is 328 g/mol. The maximum Gasteiger partial charge on any atom is 0.261 e. The second kappa shape index (κ2) is 8.43. The molecule has 2 N–H and O–H groups in total. The minimum absolute atomic E-state index is 0.0891. The number of ether oxygens (including phenoxy) is 2. The average Bonchev–Trinajstić information content (AvgIpc) is 3.09. The first-order valence-corrected chi connectivity index (χ1v) is 8.84. The highest BCUT2D eigenvalue weighted by atomic mass is 16.5. The van der Waals surface area contributed by atoms with E-state index in [4.69, 9.17) is 9.47 Å². The Bertz CT molecular complexity index is 858. The lowest BCUT2D eigenvalue weighted by atomic mass is 10.1. The molecule has 0 saturated carbocycles. The fourth-order valence-electron chi connectivity index (χ4n) is 2.91.